The van der Waals surface area contributed by atoms with E-state index >= 15 is 0 Å². The summed E-state index contributed by atoms with van der Waals surface area (Å²) in [6, 6.07) is 0.0537. The van der Waals surface area contributed by atoms with E-state index in [0.29, 0.717) is 6.10 Å². The van der Waals surface area contributed by atoms with E-state index in [1.807, 2.05) is 6.92 Å². The summed E-state index contributed by atoms with van der Waals surface area (Å²) in [5, 5.41) is 0. The Hall–Kier alpha value is -0.410. The number of hydrogen-bond acceptors (Lipinski definition) is 3. The number of ether oxygens (including phenoxy) is 1. The van der Waals surface area contributed by atoms with Crippen LogP contribution >= 0.6 is 0 Å². The molecule has 0 saturated carbocycles. The molecule has 3 nitrogen and oxygen atoms in total. The van der Waals surface area contributed by atoms with Gasteiger partial charge in [0.2, 0.25) is 0 Å². The normalized spacial score (nSPS) is 27.2. The molecule has 0 radical (unpaired) electrons. The molecule has 0 spiro atoms. The van der Waals surface area contributed by atoms with Crippen molar-refractivity contribution >= 4 is 5.78 Å². The van der Waals surface area contributed by atoms with Crippen molar-refractivity contribution < 1.29 is 9.53 Å². The minimum Gasteiger partial charge on any atom is -0.380 e. The molecule has 0 amide bonds. The molecule has 13 heavy (non-hydrogen) atoms. The molecule has 0 aliphatic carbocycles. The van der Waals surface area contributed by atoms with Crippen molar-refractivity contribution in [1.29, 1.82) is 0 Å². The number of ketones is 1. The first-order chi connectivity index (χ1) is 6.15. The van der Waals surface area contributed by atoms with Gasteiger partial charge in [0.25, 0.3) is 0 Å². The van der Waals surface area contributed by atoms with Crippen LogP contribution < -0.4 is 0 Å². The fourth-order valence-corrected chi connectivity index (χ4v) is 1.77. The van der Waals surface area contributed by atoms with Crippen LogP contribution in [0.3, 0.4) is 0 Å². The van der Waals surface area contributed by atoms with E-state index in [1.165, 1.54) is 0 Å². The number of nitrogens with zero attached hydrogens (tertiary/aromatic N) is 1. The van der Waals surface area contributed by atoms with Crippen molar-refractivity contribution in [3.63, 3.8) is 0 Å². The van der Waals surface area contributed by atoms with E-state index in [-0.39, 0.29) is 11.8 Å². The van der Waals surface area contributed by atoms with Crippen molar-refractivity contribution in [3.05, 3.63) is 0 Å². The summed E-state index contributed by atoms with van der Waals surface area (Å²) in [4.78, 5) is 13.4. The molecule has 1 aliphatic heterocycles. The van der Waals surface area contributed by atoms with Gasteiger partial charge in [0, 0.05) is 13.7 Å². The highest BCUT2D eigenvalue weighted by molar-refractivity contribution is 5.80. The summed E-state index contributed by atoms with van der Waals surface area (Å²) in [6.45, 7) is 5.55. The molecule has 0 aromatic heterocycles. The van der Waals surface area contributed by atoms with Crippen molar-refractivity contribution in [2.45, 2.75) is 38.8 Å². The first-order valence-corrected chi connectivity index (χ1v) is 4.92. The topological polar surface area (TPSA) is 29.5 Å². The van der Waals surface area contributed by atoms with Gasteiger partial charge in [0.1, 0.15) is 5.78 Å². The van der Waals surface area contributed by atoms with Crippen molar-refractivity contribution in [2.75, 3.05) is 20.2 Å². The Morgan fingerprint density at radius 2 is 2.31 bits per heavy atom. The van der Waals surface area contributed by atoms with Gasteiger partial charge < -0.3 is 4.74 Å². The molecule has 1 fully saturated rings. The molecule has 0 N–H and O–H groups in total. The standard InChI is InChI=1S/C10H19NO2/c1-8(9(2)12)11-6-4-5-10(7-11)13-3/h8,10H,4-7H2,1-3H3. The summed E-state index contributed by atoms with van der Waals surface area (Å²) in [7, 11) is 1.74. The third-order valence-corrected chi connectivity index (χ3v) is 2.88. The van der Waals surface area contributed by atoms with Crippen LogP contribution in [0, 0.1) is 0 Å². The molecule has 0 aromatic rings. The maximum absolute atomic E-state index is 11.2. The van der Waals surface area contributed by atoms with Gasteiger partial charge in [-0.2, -0.15) is 0 Å². The minimum absolute atomic E-state index is 0.0537. The number of rotatable bonds is 3. The smallest absolute Gasteiger partial charge is 0.146 e. The van der Waals surface area contributed by atoms with Gasteiger partial charge in [-0.15, -0.1) is 0 Å². The van der Waals surface area contributed by atoms with E-state index in [4.69, 9.17) is 4.74 Å². The molecule has 0 aromatic carbocycles. The van der Waals surface area contributed by atoms with Crippen LogP contribution in [0.4, 0.5) is 0 Å². The molecule has 0 bridgehead atoms. The fourth-order valence-electron chi connectivity index (χ4n) is 1.77. The minimum atomic E-state index is 0.0537. The van der Waals surface area contributed by atoms with Crippen molar-refractivity contribution in [1.82, 2.24) is 4.90 Å². The first-order valence-electron chi connectivity index (χ1n) is 4.92. The van der Waals surface area contributed by atoms with Crippen molar-refractivity contribution in [2.24, 2.45) is 0 Å². The second kappa shape index (κ2) is 4.72. The zero-order chi connectivity index (χ0) is 9.84. The van der Waals surface area contributed by atoms with Gasteiger partial charge in [0.05, 0.1) is 12.1 Å². The number of carbonyl (C=O) groups is 1. The lowest BCUT2D eigenvalue weighted by Gasteiger charge is -2.34. The number of Topliss-reactive ketones (excluding diaryl/α,β-unsaturated/α-hetero) is 1. The average Bonchev–Trinajstić information content (AvgIpc) is 2.16. The average molecular weight is 185 g/mol. The van der Waals surface area contributed by atoms with Gasteiger partial charge in [-0.05, 0) is 33.2 Å². The Morgan fingerprint density at radius 1 is 1.62 bits per heavy atom. The highest BCUT2D eigenvalue weighted by Crippen LogP contribution is 2.15. The van der Waals surface area contributed by atoms with Crippen LogP contribution in [0.5, 0.6) is 0 Å². The van der Waals surface area contributed by atoms with E-state index in [1.54, 1.807) is 14.0 Å². The van der Waals surface area contributed by atoms with E-state index in [2.05, 4.69) is 4.90 Å². The largest absolute Gasteiger partial charge is 0.380 e. The number of piperidine rings is 1. The fraction of sp³-hybridized carbons (Fsp3) is 0.900. The number of hydrogen-bond donors (Lipinski definition) is 0. The monoisotopic (exact) mass is 185 g/mol. The lowest BCUT2D eigenvalue weighted by Crippen LogP contribution is -2.46. The lowest BCUT2D eigenvalue weighted by atomic mass is 10.1. The predicted molar refractivity (Wildman–Crippen MR) is 51.7 cm³/mol. The Bertz CT molecular complexity index is 182. The summed E-state index contributed by atoms with van der Waals surface area (Å²) < 4.78 is 5.30. The third kappa shape index (κ3) is 2.78. The zero-order valence-corrected chi connectivity index (χ0v) is 8.75. The predicted octanol–water partition coefficient (Wildman–Crippen LogP) is 1.07. The van der Waals surface area contributed by atoms with Gasteiger partial charge in [-0.1, -0.05) is 0 Å². The van der Waals surface area contributed by atoms with Crippen LogP contribution in [0.2, 0.25) is 0 Å². The van der Waals surface area contributed by atoms with E-state index in [0.717, 1.165) is 25.9 Å². The zero-order valence-electron chi connectivity index (χ0n) is 8.75. The molecular formula is C10H19NO2. The molecule has 1 saturated heterocycles. The van der Waals surface area contributed by atoms with E-state index in [9.17, 15) is 4.79 Å². The number of methoxy groups -OCH3 is 1. The Morgan fingerprint density at radius 3 is 2.85 bits per heavy atom. The Labute approximate surface area is 80.1 Å². The molecule has 1 rings (SSSR count). The lowest BCUT2D eigenvalue weighted by molar-refractivity contribution is -0.122. The molecule has 2 unspecified atom stereocenters. The second-order valence-corrected chi connectivity index (χ2v) is 3.78. The second-order valence-electron chi connectivity index (χ2n) is 3.78. The Kier molecular flexibility index (Phi) is 3.88. The maximum atomic E-state index is 11.2. The van der Waals surface area contributed by atoms with E-state index < -0.39 is 0 Å². The number of likely N-dealkylation sites (tertiary alicyclic amines) is 1. The summed E-state index contributed by atoms with van der Waals surface area (Å²) in [5.41, 5.74) is 0. The van der Waals surface area contributed by atoms with Crippen LogP contribution in [-0.2, 0) is 9.53 Å². The summed E-state index contributed by atoms with van der Waals surface area (Å²) in [5.74, 6) is 0.247. The summed E-state index contributed by atoms with van der Waals surface area (Å²) in [6.07, 6.45) is 2.57. The Balaban J connectivity index is 2.46. The van der Waals surface area contributed by atoms with Crippen LogP contribution in [0.1, 0.15) is 26.7 Å². The molecule has 1 heterocycles. The highest BCUT2D eigenvalue weighted by Gasteiger charge is 2.25. The first kappa shape index (κ1) is 10.7. The molecule has 2 atom stereocenters. The van der Waals surface area contributed by atoms with Crippen LogP contribution in [0.15, 0.2) is 0 Å². The van der Waals surface area contributed by atoms with Gasteiger partial charge in [-0.25, -0.2) is 0 Å². The van der Waals surface area contributed by atoms with Gasteiger partial charge >= 0.3 is 0 Å². The number of carbonyl (C=O) groups excluding carboxylic acids is 1. The van der Waals surface area contributed by atoms with Crippen LogP contribution in [-0.4, -0.2) is 43.0 Å². The molecule has 1 aliphatic rings. The quantitative estimate of drug-likeness (QED) is 0.659. The molecule has 3 heteroatoms. The SMILES string of the molecule is COC1CCCN(C(C)C(C)=O)C1. The highest BCUT2D eigenvalue weighted by atomic mass is 16.5. The van der Waals surface area contributed by atoms with Crippen LogP contribution in [0.25, 0.3) is 0 Å². The molecule has 76 valence electrons. The van der Waals surface area contributed by atoms with Crippen molar-refractivity contribution in [3.8, 4) is 0 Å². The molecular weight excluding hydrogens is 166 g/mol. The van der Waals surface area contributed by atoms with Gasteiger partial charge in [0.15, 0.2) is 0 Å². The van der Waals surface area contributed by atoms with Gasteiger partial charge in [-0.3, -0.25) is 9.69 Å². The maximum Gasteiger partial charge on any atom is 0.146 e. The third-order valence-electron chi connectivity index (χ3n) is 2.88. The summed E-state index contributed by atoms with van der Waals surface area (Å²) >= 11 is 0.